The maximum absolute atomic E-state index is 11.7. The minimum atomic E-state index is -3.20. The van der Waals surface area contributed by atoms with Crippen molar-refractivity contribution < 1.29 is 12.9 Å². The van der Waals surface area contributed by atoms with Gasteiger partial charge in [-0.1, -0.05) is 17.3 Å². The Morgan fingerprint density at radius 2 is 1.82 bits per heavy atom. The molecule has 1 unspecified atom stereocenters. The van der Waals surface area contributed by atoms with Crippen LogP contribution in [0.4, 0.5) is 0 Å². The predicted molar refractivity (Wildman–Crippen MR) is 123 cm³/mol. The Morgan fingerprint density at radius 1 is 1.03 bits per heavy atom. The Morgan fingerprint density at radius 3 is 2.52 bits per heavy atom. The smallest absolute Gasteiger partial charge is 0.244 e. The number of benzene rings is 1. The molecule has 3 aromatic heterocycles. The zero-order valence-corrected chi connectivity index (χ0v) is 18.9. The third-order valence-electron chi connectivity index (χ3n) is 5.83. The normalized spacial score (nSPS) is 16.8. The molecule has 5 rings (SSSR count). The fraction of sp³-hybridized carbons (Fsp3) is 0.250. The number of rotatable bonds is 6. The van der Waals surface area contributed by atoms with Gasteiger partial charge in [0.15, 0.2) is 9.84 Å². The minimum absolute atomic E-state index is 0.0323. The summed E-state index contributed by atoms with van der Waals surface area (Å²) in [6.07, 6.45) is 8.41. The second-order valence-electron chi connectivity index (χ2n) is 8.17. The molecule has 33 heavy (non-hydrogen) atoms. The zero-order chi connectivity index (χ0) is 22.8. The van der Waals surface area contributed by atoms with E-state index in [0.29, 0.717) is 23.2 Å². The van der Waals surface area contributed by atoms with Crippen molar-refractivity contribution in [2.45, 2.75) is 30.3 Å². The fourth-order valence-corrected chi connectivity index (χ4v) is 4.71. The molecule has 1 aliphatic rings. The number of nitrogens with zero attached hydrogens (tertiary/aromatic N) is 5. The summed E-state index contributed by atoms with van der Waals surface area (Å²) in [6, 6.07) is 14.8. The van der Waals surface area contributed by atoms with Crippen LogP contribution in [0.2, 0.25) is 0 Å². The molecule has 0 radical (unpaired) electrons. The van der Waals surface area contributed by atoms with Crippen LogP contribution in [0.1, 0.15) is 30.3 Å². The quantitative estimate of drug-likeness (QED) is 0.426. The van der Waals surface area contributed by atoms with Gasteiger partial charge < -0.3 is 4.52 Å². The Hall–Kier alpha value is -3.43. The van der Waals surface area contributed by atoms with Crippen LogP contribution >= 0.6 is 0 Å². The summed E-state index contributed by atoms with van der Waals surface area (Å²) < 4.78 is 29.0. The molecule has 8 nitrogen and oxygen atoms in total. The van der Waals surface area contributed by atoms with Crippen LogP contribution in [0.25, 0.3) is 22.6 Å². The van der Waals surface area contributed by atoms with Crippen molar-refractivity contribution in [1.29, 1.82) is 0 Å². The average Bonchev–Trinajstić information content (AvgIpc) is 3.49. The van der Waals surface area contributed by atoms with Crippen molar-refractivity contribution in [2.75, 3.05) is 12.8 Å². The highest BCUT2D eigenvalue weighted by atomic mass is 32.2. The lowest BCUT2D eigenvalue weighted by molar-refractivity contribution is 0.201. The molecule has 0 N–H and O–H groups in total. The number of likely N-dealkylation sites (tertiary alicyclic amines) is 1. The lowest BCUT2D eigenvalue weighted by atomic mass is 10.1. The highest BCUT2D eigenvalue weighted by Crippen LogP contribution is 2.33. The van der Waals surface area contributed by atoms with Crippen LogP contribution < -0.4 is 0 Å². The first-order chi connectivity index (χ1) is 16.0. The highest BCUT2D eigenvalue weighted by Gasteiger charge is 2.31. The molecule has 1 atom stereocenters. The summed E-state index contributed by atoms with van der Waals surface area (Å²) in [7, 11) is -3.20. The molecule has 1 aromatic carbocycles. The van der Waals surface area contributed by atoms with Crippen molar-refractivity contribution >= 4 is 9.84 Å². The maximum atomic E-state index is 11.7. The van der Waals surface area contributed by atoms with Gasteiger partial charge in [0, 0.05) is 42.5 Å². The van der Waals surface area contributed by atoms with Gasteiger partial charge >= 0.3 is 0 Å². The largest absolute Gasteiger partial charge is 0.337 e. The number of aromatic nitrogens is 4. The number of hydrogen-bond acceptors (Lipinski definition) is 8. The van der Waals surface area contributed by atoms with E-state index in [2.05, 4.69) is 25.0 Å². The summed E-state index contributed by atoms with van der Waals surface area (Å²) in [6.45, 7) is 1.60. The summed E-state index contributed by atoms with van der Waals surface area (Å²) >= 11 is 0. The van der Waals surface area contributed by atoms with E-state index in [1.54, 1.807) is 30.7 Å². The lowest BCUT2D eigenvalue weighted by Crippen LogP contribution is -2.23. The molecule has 0 saturated carbocycles. The van der Waals surface area contributed by atoms with Crippen LogP contribution in [0.5, 0.6) is 0 Å². The first-order valence-corrected chi connectivity index (χ1v) is 12.6. The second-order valence-corrected chi connectivity index (χ2v) is 10.2. The van der Waals surface area contributed by atoms with Gasteiger partial charge in [0.2, 0.25) is 11.7 Å². The summed E-state index contributed by atoms with van der Waals surface area (Å²) in [5.74, 6) is 1.11. The summed E-state index contributed by atoms with van der Waals surface area (Å²) in [5, 5.41) is 4.18. The van der Waals surface area contributed by atoms with Crippen LogP contribution in [-0.2, 0) is 16.4 Å². The first-order valence-electron chi connectivity index (χ1n) is 10.7. The Bertz CT molecular complexity index is 1340. The number of hydrogen-bond donors (Lipinski definition) is 0. The van der Waals surface area contributed by atoms with E-state index in [1.165, 1.54) is 6.26 Å². The molecule has 9 heteroatoms. The molecule has 4 heterocycles. The molecular formula is C24H23N5O3S. The van der Waals surface area contributed by atoms with E-state index in [0.717, 1.165) is 41.8 Å². The van der Waals surface area contributed by atoms with E-state index in [-0.39, 0.29) is 6.04 Å². The number of sulfone groups is 1. The van der Waals surface area contributed by atoms with Crippen molar-refractivity contribution in [3.63, 3.8) is 0 Å². The molecule has 0 amide bonds. The van der Waals surface area contributed by atoms with Crippen LogP contribution in [-0.4, -0.2) is 46.2 Å². The minimum Gasteiger partial charge on any atom is -0.337 e. The SMILES string of the molecule is CS(=O)(=O)c1ccc(CN2CCCC2c2nc(-c3ccc(-c4ccncc4)nc3)no2)cc1. The van der Waals surface area contributed by atoms with Gasteiger partial charge in [-0.25, -0.2) is 8.42 Å². The van der Waals surface area contributed by atoms with Gasteiger partial charge in [0.25, 0.3) is 0 Å². The van der Waals surface area contributed by atoms with E-state index in [1.807, 2.05) is 36.4 Å². The van der Waals surface area contributed by atoms with Crippen LogP contribution in [0, 0.1) is 0 Å². The Labute approximate surface area is 192 Å². The maximum Gasteiger partial charge on any atom is 0.244 e. The Kier molecular flexibility index (Phi) is 5.74. The summed E-state index contributed by atoms with van der Waals surface area (Å²) in [4.78, 5) is 15.8. The van der Waals surface area contributed by atoms with E-state index in [4.69, 9.17) is 4.52 Å². The third kappa shape index (κ3) is 4.69. The molecule has 1 aliphatic heterocycles. The van der Waals surface area contributed by atoms with E-state index in [9.17, 15) is 8.42 Å². The number of pyridine rings is 2. The fourth-order valence-electron chi connectivity index (χ4n) is 4.08. The van der Waals surface area contributed by atoms with Gasteiger partial charge in [-0.05, 0) is 61.3 Å². The van der Waals surface area contributed by atoms with Gasteiger partial charge in [0.05, 0.1) is 16.6 Å². The van der Waals surface area contributed by atoms with Gasteiger partial charge in [-0.15, -0.1) is 0 Å². The monoisotopic (exact) mass is 461 g/mol. The predicted octanol–water partition coefficient (Wildman–Crippen LogP) is 3.93. The zero-order valence-electron chi connectivity index (χ0n) is 18.1. The topological polar surface area (TPSA) is 102 Å². The van der Waals surface area contributed by atoms with E-state index < -0.39 is 9.84 Å². The molecule has 168 valence electrons. The summed E-state index contributed by atoms with van der Waals surface area (Å²) in [5.41, 5.74) is 3.69. The second kappa shape index (κ2) is 8.84. The standard InChI is InChI=1S/C24H23N5O3S/c1-33(30,31)20-7-4-17(5-8-20)16-29-14-2-3-22(29)24-27-23(28-32-24)19-6-9-21(26-15-19)18-10-12-25-13-11-18/h4-13,15,22H,2-3,14,16H2,1H3. The Balaban J connectivity index is 1.30. The van der Waals surface area contributed by atoms with Crippen LogP contribution in [0.3, 0.4) is 0 Å². The lowest BCUT2D eigenvalue weighted by Gasteiger charge is -2.21. The third-order valence-corrected chi connectivity index (χ3v) is 6.95. The van der Waals surface area contributed by atoms with Crippen molar-refractivity contribution in [2.24, 2.45) is 0 Å². The molecule has 0 bridgehead atoms. The molecule has 1 saturated heterocycles. The van der Waals surface area contributed by atoms with Crippen molar-refractivity contribution in [3.05, 3.63) is 78.6 Å². The van der Waals surface area contributed by atoms with E-state index >= 15 is 0 Å². The molecule has 1 fully saturated rings. The molecular weight excluding hydrogens is 438 g/mol. The highest BCUT2D eigenvalue weighted by molar-refractivity contribution is 7.90. The molecule has 4 aromatic rings. The van der Waals surface area contributed by atoms with Gasteiger partial charge in [-0.3, -0.25) is 14.9 Å². The first kappa shape index (κ1) is 21.4. The van der Waals surface area contributed by atoms with Crippen molar-refractivity contribution in [3.8, 4) is 22.6 Å². The average molecular weight is 462 g/mol. The molecule has 0 aliphatic carbocycles. The van der Waals surface area contributed by atoms with Crippen LogP contribution in [0.15, 0.2) is 76.5 Å². The molecule has 0 spiro atoms. The van der Waals surface area contributed by atoms with Gasteiger partial charge in [0.1, 0.15) is 0 Å². The van der Waals surface area contributed by atoms with Crippen molar-refractivity contribution in [1.82, 2.24) is 25.0 Å². The van der Waals surface area contributed by atoms with Gasteiger partial charge in [-0.2, -0.15) is 4.98 Å².